The van der Waals surface area contributed by atoms with Gasteiger partial charge in [-0.1, -0.05) is 44.5 Å². The number of hydrogen-bond acceptors (Lipinski definition) is 2. The molecule has 4 nitrogen and oxygen atoms in total. The van der Waals surface area contributed by atoms with E-state index in [-0.39, 0.29) is 12.5 Å². The van der Waals surface area contributed by atoms with Gasteiger partial charge >= 0.3 is 5.97 Å². The number of carbonyl (C=O) groups excluding carboxylic acids is 1. The van der Waals surface area contributed by atoms with Gasteiger partial charge in [0.25, 0.3) is 0 Å². The first-order valence-corrected chi connectivity index (χ1v) is 7.48. The molecule has 1 unspecified atom stereocenters. The third kappa shape index (κ3) is 5.98. The summed E-state index contributed by atoms with van der Waals surface area (Å²) >= 11 is 0. The highest BCUT2D eigenvalue weighted by molar-refractivity contribution is 5.79. The smallest absolute Gasteiger partial charge is 0.308 e. The summed E-state index contributed by atoms with van der Waals surface area (Å²) in [5.74, 6) is -1.48. The maximum absolute atomic E-state index is 12.1. The number of aryl methyl sites for hydroxylation is 1. The minimum absolute atomic E-state index is 0.0515. The molecule has 0 bridgehead atoms. The summed E-state index contributed by atoms with van der Waals surface area (Å²) in [5.41, 5.74) is 2.26. The van der Waals surface area contributed by atoms with Gasteiger partial charge in [-0.2, -0.15) is 0 Å². The predicted molar refractivity (Wildman–Crippen MR) is 83.2 cm³/mol. The van der Waals surface area contributed by atoms with Gasteiger partial charge in [0.1, 0.15) is 0 Å². The molecule has 116 valence electrons. The Labute approximate surface area is 126 Å². The van der Waals surface area contributed by atoms with Crippen LogP contribution in [0.5, 0.6) is 0 Å². The Morgan fingerprint density at radius 1 is 1.19 bits per heavy atom. The molecule has 0 aliphatic rings. The van der Waals surface area contributed by atoms with E-state index < -0.39 is 11.9 Å². The monoisotopic (exact) mass is 291 g/mol. The van der Waals surface area contributed by atoms with Crippen molar-refractivity contribution in [1.82, 2.24) is 4.90 Å². The SMILES string of the molecule is CCCCc1ccc(CC(=O)N(C)CC(C)C(=O)O)cc1. The minimum Gasteiger partial charge on any atom is -0.481 e. The number of benzene rings is 1. The minimum atomic E-state index is -0.880. The number of carboxylic acids is 1. The molecule has 0 fully saturated rings. The number of aliphatic carboxylic acids is 1. The van der Waals surface area contributed by atoms with E-state index >= 15 is 0 Å². The average molecular weight is 291 g/mol. The quantitative estimate of drug-likeness (QED) is 0.801. The van der Waals surface area contributed by atoms with Gasteiger partial charge in [-0.25, -0.2) is 0 Å². The molecular weight excluding hydrogens is 266 g/mol. The lowest BCUT2D eigenvalue weighted by molar-refractivity contribution is -0.142. The highest BCUT2D eigenvalue weighted by Gasteiger charge is 2.17. The average Bonchev–Trinajstić information content (AvgIpc) is 2.46. The van der Waals surface area contributed by atoms with Crippen molar-refractivity contribution in [3.63, 3.8) is 0 Å². The number of likely N-dealkylation sites (N-methyl/N-ethyl adjacent to an activating group) is 1. The van der Waals surface area contributed by atoms with Gasteiger partial charge in [0, 0.05) is 13.6 Å². The van der Waals surface area contributed by atoms with Gasteiger partial charge < -0.3 is 10.0 Å². The molecule has 0 radical (unpaired) electrons. The molecule has 0 aliphatic carbocycles. The van der Waals surface area contributed by atoms with Gasteiger partial charge in [-0.15, -0.1) is 0 Å². The second kappa shape index (κ2) is 8.45. The molecule has 0 spiro atoms. The van der Waals surface area contributed by atoms with Crippen molar-refractivity contribution in [2.45, 2.75) is 39.5 Å². The first-order chi connectivity index (χ1) is 9.93. The molecular formula is C17H25NO3. The van der Waals surface area contributed by atoms with Crippen LogP contribution in [0.1, 0.15) is 37.8 Å². The van der Waals surface area contributed by atoms with Gasteiger partial charge in [0.2, 0.25) is 5.91 Å². The van der Waals surface area contributed by atoms with Gasteiger partial charge in [-0.3, -0.25) is 9.59 Å². The first kappa shape index (κ1) is 17.2. The second-order valence-corrected chi connectivity index (χ2v) is 5.61. The lowest BCUT2D eigenvalue weighted by Gasteiger charge is -2.19. The van der Waals surface area contributed by atoms with E-state index in [1.165, 1.54) is 23.3 Å². The largest absolute Gasteiger partial charge is 0.481 e. The van der Waals surface area contributed by atoms with Crippen molar-refractivity contribution in [1.29, 1.82) is 0 Å². The Kier molecular flexibility index (Phi) is 6.92. The fourth-order valence-corrected chi connectivity index (χ4v) is 2.10. The van der Waals surface area contributed by atoms with E-state index in [1.54, 1.807) is 14.0 Å². The van der Waals surface area contributed by atoms with E-state index in [1.807, 2.05) is 12.1 Å². The van der Waals surface area contributed by atoms with E-state index in [4.69, 9.17) is 5.11 Å². The van der Waals surface area contributed by atoms with E-state index in [9.17, 15) is 9.59 Å². The zero-order valence-electron chi connectivity index (χ0n) is 13.1. The van der Waals surface area contributed by atoms with Crippen LogP contribution in [0.2, 0.25) is 0 Å². The number of rotatable bonds is 8. The summed E-state index contributed by atoms with van der Waals surface area (Å²) < 4.78 is 0. The van der Waals surface area contributed by atoms with Crippen molar-refractivity contribution in [2.24, 2.45) is 5.92 Å². The maximum atomic E-state index is 12.1. The van der Waals surface area contributed by atoms with Crippen molar-refractivity contribution in [3.8, 4) is 0 Å². The third-order valence-corrected chi connectivity index (χ3v) is 3.59. The van der Waals surface area contributed by atoms with Crippen molar-refractivity contribution < 1.29 is 14.7 Å². The van der Waals surface area contributed by atoms with Gasteiger partial charge in [-0.05, 0) is 24.0 Å². The van der Waals surface area contributed by atoms with Crippen LogP contribution >= 0.6 is 0 Å². The molecule has 1 aromatic carbocycles. The first-order valence-electron chi connectivity index (χ1n) is 7.48. The van der Waals surface area contributed by atoms with Crippen LogP contribution in [-0.4, -0.2) is 35.5 Å². The van der Waals surface area contributed by atoms with Crippen LogP contribution in [0.25, 0.3) is 0 Å². The molecule has 1 rings (SSSR count). The van der Waals surface area contributed by atoms with Crippen LogP contribution in [0.4, 0.5) is 0 Å². The zero-order chi connectivity index (χ0) is 15.8. The highest BCUT2D eigenvalue weighted by atomic mass is 16.4. The van der Waals surface area contributed by atoms with Crippen molar-refractivity contribution in [3.05, 3.63) is 35.4 Å². The molecule has 21 heavy (non-hydrogen) atoms. The number of hydrogen-bond donors (Lipinski definition) is 1. The zero-order valence-corrected chi connectivity index (χ0v) is 13.1. The Morgan fingerprint density at radius 2 is 1.76 bits per heavy atom. The molecule has 0 saturated carbocycles. The van der Waals surface area contributed by atoms with Crippen LogP contribution in [0.3, 0.4) is 0 Å². The number of amides is 1. The van der Waals surface area contributed by atoms with Gasteiger partial charge in [0.15, 0.2) is 0 Å². The molecule has 1 amide bonds. The molecule has 1 N–H and O–H groups in total. The number of carboxylic acid groups (broad SMARTS) is 1. The van der Waals surface area contributed by atoms with E-state index in [0.29, 0.717) is 6.42 Å². The van der Waals surface area contributed by atoms with Crippen LogP contribution < -0.4 is 0 Å². The number of unbranched alkanes of at least 4 members (excludes halogenated alkanes) is 1. The fraction of sp³-hybridized carbons (Fsp3) is 0.529. The lowest BCUT2D eigenvalue weighted by atomic mass is 10.0. The summed E-state index contributed by atoms with van der Waals surface area (Å²) in [6.07, 6.45) is 3.73. The highest BCUT2D eigenvalue weighted by Crippen LogP contribution is 2.10. The summed E-state index contributed by atoms with van der Waals surface area (Å²) in [6, 6.07) is 8.10. The standard InChI is InChI=1S/C17H25NO3/c1-4-5-6-14-7-9-15(10-8-14)11-16(19)18(3)12-13(2)17(20)21/h7-10,13H,4-6,11-12H2,1-3H3,(H,20,21). The Bertz CT molecular complexity index is 467. The molecule has 0 aromatic heterocycles. The number of carbonyl (C=O) groups is 2. The summed E-state index contributed by atoms with van der Waals surface area (Å²) in [5, 5.41) is 8.87. The second-order valence-electron chi connectivity index (χ2n) is 5.61. The maximum Gasteiger partial charge on any atom is 0.308 e. The third-order valence-electron chi connectivity index (χ3n) is 3.59. The lowest BCUT2D eigenvalue weighted by Crippen LogP contribution is -2.34. The van der Waals surface area contributed by atoms with Crippen molar-refractivity contribution >= 4 is 11.9 Å². The molecule has 0 aliphatic heterocycles. The van der Waals surface area contributed by atoms with E-state index in [2.05, 4.69) is 19.1 Å². The molecule has 0 heterocycles. The number of nitrogens with zero attached hydrogens (tertiary/aromatic N) is 1. The molecule has 4 heteroatoms. The molecule has 1 atom stereocenters. The fourth-order valence-electron chi connectivity index (χ4n) is 2.10. The van der Waals surface area contributed by atoms with Crippen molar-refractivity contribution in [2.75, 3.05) is 13.6 Å². The van der Waals surface area contributed by atoms with E-state index in [0.717, 1.165) is 12.0 Å². The summed E-state index contributed by atoms with van der Waals surface area (Å²) in [7, 11) is 1.65. The summed E-state index contributed by atoms with van der Waals surface area (Å²) in [6.45, 7) is 4.01. The summed E-state index contributed by atoms with van der Waals surface area (Å²) in [4.78, 5) is 24.4. The Balaban J connectivity index is 2.52. The Morgan fingerprint density at radius 3 is 2.29 bits per heavy atom. The topological polar surface area (TPSA) is 57.6 Å². The van der Waals surface area contributed by atoms with Crippen LogP contribution in [0.15, 0.2) is 24.3 Å². The normalized spacial score (nSPS) is 12.0. The van der Waals surface area contributed by atoms with Gasteiger partial charge in [0.05, 0.1) is 12.3 Å². The van der Waals surface area contributed by atoms with Crippen LogP contribution in [0, 0.1) is 5.92 Å². The molecule has 0 saturated heterocycles. The predicted octanol–water partition coefficient (Wildman–Crippen LogP) is 2.75. The van der Waals surface area contributed by atoms with Crippen LogP contribution in [-0.2, 0) is 22.4 Å². The molecule has 1 aromatic rings. The Hall–Kier alpha value is -1.84.